The van der Waals surface area contributed by atoms with E-state index in [0.717, 1.165) is 29.7 Å². The van der Waals surface area contributed by atoms with Crippen LogP contribution in [-0.2, 0) is 19.6 Å². The second-order valence-corrected chi connectivity index (χ2v) is 13.3. The van der Waals surface area contributed by atoms with Crippen molar-refractivity contribution in [1.29, 1.82) is 0 Å². The summed E-state index contributed by atoms with van der Waals surface area (Å²) in [5.41, 5.74) is 1.20. The first-order valence-corrected chi connectivity index (χ1v) is 15.7. The van der Waals surface area contributed by atoms with Crippen molar-refractivity contribution in [3.05, 3.63) is 47.7 Å². The summed E-state index contributed by atoms with van der Waals surface area (Å²) in [7, 11) is -3.61. The second kappa shape index (κ2) is 12.8. The van der Waals surface area contributed by atoms with E-state index in [0.29, 0.717) is 36.7 Å². The van der Waals surface area contributed by atoms with Gasteiger partial charge in [-0.2, -0.15) is 0 Å². The topological polar surface area (TPSA) is 162 Å². The van der Waals surface area contributed by atoms with E-state index in [-0.39, 0.29) is 10.8 Å². The maximum Gasteiger partial charge on any atom is 0.408 e. The predicted molar refractivity (Wildman–Crippen MR) is 156 cm³/mol. The Balaban J connectivity index is 1.51. The van der Waals surface area contributed by atoms with Crippen LogP contribution in [0.15, 0.2) is 42.0 Å². The Kier molecular flexibility index (Phi) is 9.43. The first kappa shape index (κ1) is 30.2. The highest BCUT2D eigenvalue weighted by molar-refractivity contribution is 7.93. The average molecular weight is 603 g/mol. The second-order valence-electron chi connectivity index (χ2n) is 10.5. The van der Waals surface area contributed by atoms with Gasteiger partial charge < -0.3 is 20.1 Å². The summed E-state index contributed by atoms with van der Waals surface area (Å²) in [6, 6.07) is 5.66. The number of ether oxygens (including phenoxy) is 2. The van der Waals surface area contributed by atoms with Crippen molar-refractivity contribution < 1.29 is 27.5 Å². The van der Waals surface area contributed by atoms with Gasteiger partial charge in [-0.3, -0.25) is 14.5 Å². The quantitative estimate of drug-likeness (QED) is 0.293. The van der Waals surface area contributed by atoms with Crippen LogP contribution >= 0.6 is 11.3 Å². The van der Waals surface area contributed by atoms with Gasteiger partial charge in [0.15, 0.2) is 11.2 Å². The summed E-state index contributed by atoms with van der Waals surface area (Å²) in [6.07, 6.45) is 5.25. The molecule has 1 atom stereocenters. The minimum atomic E-state index is -3.61. The molecule has 1 saturated carbocycles. The van der Waals surface area contributed by atoms with E-state index in [9.17, 15) is 18.0 Å². The number of aromatic nitrogens is 3. The normalized spacial score (nSPS) is 14.7. The number of amides is 2. The van der Waals surface area contributed by atoms with Gasteiger partial charge in [-0.15, -0.1) is 11.3 Å². The minimum Gasteiger partial charge on any atom is -0.477 e. The Morgan fingerprint density at radius 1 is 1.10 bits per heavy atom. The predicted octanol–water partition coefficient (Wildman–Crippen LogP) is 4.89. The molecule has 2 aromatic heterocycles. The molecule has 0 saturated heterocycles. The molecule has 0 spiro atoms. The summed E-state index contributed by atoms with van der Waals surface area (Å²) in [6.45, 7) is 7.44. The van der Waals surface area contributed by atoms with Crippen molar-refractivity contribution in [3.8, 4) is 17.1 Å². The molecule has 3 aromatic rings. The van der Waals surface area contributed by atoms with E-state index in [4.69, 9.17) is 9.47 Å². The van der Waals surface area contributed by atoms with Gasteiger partial charge >= 0.3 is 6.09 Å². The van der Waals surface area contributed by atoms with Gasteiger partial charge in [0, 0.05) is 16.6 Å². The highest BCUT2D eigenvalue weighted by atomic mass is 32.2. The van der Waals surface area contributed by atoms with Gasteiger partial charge in [-0.05, 0) is 52.7 Å². The van der Waals surface area contributed by atoms with Gasteiger partial charge in [0.1, 0.15) is 5.60 Å². The van der Waals surface area contributed by atoms with Crippen molar-refractivity contribution in [2.75, 3.05) is 16.6 Å². The van der Waals surface area contributed by atoms with Crippen molar-refractivity contribution in [2.45, 2.75) is 70.3 Å². The van der Waals surface area contributed by atoms with Crippen molar-refractivity contribution in [1.82, 2.24) is 20.3 Å². The maximum absolute atomic E-state index is 13.4. The molecule has 0 radical (unpaired) electrons. The zero-order chi connectivity index (χ0) is 29.6. The van der Waals surface area contributed by atoms with Crippen LogP contribution in [-0.4, -0.2) is 52.8 Å². The van der Waals surface area contributed by atoms with E-state index in [1.807, 2.05) is 6.92 Å². The fourth-order valence-electron chi connectivity index (χ4n) is 4.21. The molecule has 41 heavy (non-hydrogen) atoms. The molecule has 0 aliphatic heterocycles. The SMILES string of the molecule is CCOc1cncc(-c2ccc(NC(=O)C(NC(=O)OC(C)(C)C)c3csc(NS(=O)(=O)C4CCCC4)n3)cc2)n1. The molecule has 220 valence electrons. The molecule has 1 aliphatic rings. The number of benzene rings is 1. The Hall–Kier alpha value is -3.78. The van der Waals surface area contributed by atoms with E-state index in [1.54, 1.807) is 51.2 Å². The number of sulfonamides is 1. The number of hydrogen-bond acceptors (Lipinski definition) is 10. The van der Waals surface area contributed by atoms with Crippen LogP contribution in [0.3, 0.4) is 0 Å². The molecule has 14 heteroatoms. The summed E-state index contributed by atoms with van der Waals surface area (Å²) >= 11 is 1.03. The van der Waals surface area contributed by atoms with E-state index in [2.05, 4.69) is 30.3 Å². The molecule has 2 amide bonds. The number of carbonyl (C=O) groups is 2. The number of carbonyl (C=O) groups excluding carboxylic acids is 2. The van der Waals surface area contributed by atoms with Gasteiger partial charge in [-0.25, -0.2) is 23.2 Å². The Bertz CT molecular complexity index is 1460. The lowest BCUT2D eigenvalue weighted by Crippen LogP contribution is -2.40. The number of hydrogen-bond donors (Lipinski definition) is 3. The zero-order valence-corrected chi connectivity index (χ0v) is 25.0. The molecule has 4 rings (SSSR count). The van der Waals surface area contributed by atoms with Gasteiger partial charge in [0.25, 0.3) is 5.91 Å². The number of rotatable bonds is 10. The summed E-state index contributed by atoms with van der Waals surface area (Å²) in [4.78, 5) is 38.9. The zero-order valence-electron chi connectivity index (χ0n) is 23.3. The highest BCUT2D eigenvalue weighted by Crippen LogP contribution is 2.29. The standard InChI is InChI=1S/C27H34N6O6S2/c1-5-38-22-15-28-14-20(30-22)17-10-12-18(13-11-17)29-24(34)23(32-26(35)39-27(2,3)4)21-16-40-25(31-21)33-41(36,37)19-8-6-7-9-19/h10-16,19,23H,5-9H2,1-4H3,(H,29,34)(H,31,33)(H,32,35). The number of anilines is 2. The lowest BCUT2D eigenvalue weighted by atomic mass is 10.1. The Morgan fingerprint density at radius 2 is 1.80 bits per heavy atom. The van der Waals surface area contributed by atoms with Crippen LogP contribution in [0, 0.1) is 0 Å². The van der Waals surface area contributed by atoms with Gasteiger partial charge in [0.2, 0.25) is 15.9 Å². The monoisotopic (exact) mass is 602 g/mol. The molecule has 2 heterocycles. The average Bonchev–Trinajstić information content (AvgIpc) is 3.60. The lowest BCUT2D eigenvalue weighted by molar-refractivity contribution is -0.118. The van der Waals surface area contributed by atoms with Crippen LogP contribution in [0.25, 0.3) is 11.3 Å². The molecule has 12 nitrogen and oxygen atoms in total. The highest BCUT2D eigenvalue weighted by Gasteiger charge is 2.31. The molecule has 3 N–H and O–H groups in total. The van der Waals surface area contributed by atoms with Crippen LogP contribution in [0.2, 0.25) is 0 Å². The van der Waals surface area contributed by atoms with Crippen LogP contribution < -0.4 is 20.1 Å². The first-order valence-electron chi connectivity index (χ1n) is 13.3. The Labute approximate surface area is 243 Å². The van der Waals surface area contributed by atoms with Crippen molar-refractivity contribution >= 4 is 44.2 Å². The molecule has 1 fully saturated rings. The Morgan fingerprint density at radius 3 is 2.46 bits per heavy atom. The fraction of sp³-hybridized carbons (Fsp3) is 0.444. The number of thiazole rings is 1. The third-order valence-corrected chi connectivity index (χ3v) is 8.80. The number of alkyl carbamates (subject to hydrolysis) is 1. The van der Waals surface area contributed by atoms with Crippen molar-refractivity contribution in [2.24, 2.45) is 0 Å². The molecule has 1 aliphatic carbocycles. The van der Waals surface area contributed by atoms with E-state index in [1.165, 1.54) is 11.6 Å². The summed E-state index contributed by atoms with van der Waals surface area (Å²) in [5.74, 6) is -0.177. The van der Waals surface area contributed by atoms with Crippen LogP contribution in [0.1, 0.15) is 65.1 Å². The van der Waals surface area contributed by atoms with Gasteiger partial charge in [0.05, 0.1) is 35.6 Å². The summed E-state index contributed by atoms with van der Waals surface area (Å²) in [5, 5.41) is 6.52. The molecular formula is C27H34N6O6S2. The largest absolute Gasteiger partial charge is 0.477 e. The number of nitrogens with zero attached hydrogens (tertiary/aromatic N) is 3. The summed E-state index contributed by atoms with van der Waals surface area (Å²) < 4.78 is 38.8. The van der Waals surface area contributed by atoms with Gasteiger partial charge in [-0.1, -0.05) is 25.0 Å². The minimum absolute atomic E-state index is 0.121. The lowest BCUT2D eigenvalue weighted by Gasteiger charge is -2.22. The third-order valence-electron chi connectivity index (χ3n) is 6.06. The molecule has 1 unspecified atom stereocenters. The van der Waals surface area contributed by atoms with E-state index >= 15 is 0 Å². The third kappa shape index (κ3) is 8.36. The molecule has 0 bridgehead atoms. The van der Waals surface area contributed by atoms with E-state index < -0.39 is 38.9 Å². The first-order chi connectivity index (χ1) is 19.4. The molecular weight excluding hydrogens is 568 g/mol. The van der Waals surface area contributed by atoms with Crippen LogP contribution in [0.4, 0.5) is 15.6 Å². The van der Waals surface area contributed by atoms with Crippen LogP contribution in [0.5, 0.6) is 5.88 Å². The maximum atomic E-state index is 13.4. The van der Waals surface area contributed by atoms with Crippen molar-refractivity contribution in [3.63, 3.8) is 0 Å². The fourth-order valence-corrected chi connectivity index (χ4v) is 6.74. The number of nitrogens with one attached hydrogen (secondary N) is 3. The smallest absolute Gasteiger partial charge is 0.408 e. The molecule has 1 aromatic carbocycles.